The van der Waals surface area contributed by atoms with Crippen LogP contribution in [0, 0.1) is 11.2 Å². The van der Waals surface area contributed by atoms with Gasteiger partial charge in [0.25, 0.3) is 0 Å². The first-order valence-electron chi connectivity index (χ1n) is 8.18. The Morgan fingerprint density at radius 3 is 2.62 bits per heavy atom. The molecule has 0 radical (unpaired) electrons. The number of nitrogens with one attached hydrogen (secondary N) is 1. The maximum absolute atomic E-state index is 14.4. The third-order valence-corrected chi connectivity index (χ3v) is 4.91. The Hall–Kier alpha value is -2.16. The Morgan fingerprint density at radius 1 is 1.31 bits per heavy atom. The van der Waals surface area contributed by atoms with Crippen LogP contribution in [0.5, 0.6) is 0 Å². The van der Waals surface area contributed by atoms with Crippen LogP contribution in [0.4, 0.5) is 23.2 Å². The molecule has 2 aliphatic rings. The maximum Gasteiger partial charge on any atom is 0.403 e. The van der Waals surface area contributed by atoms with Crippen LogP contribution in [0.25, 0.3) is 0 Å². The van der Waals surface area contributed by atoms with Gasteiger partial charge in [-0.05, 0) is 44.4 Å². The van der Waals surface area contributed by atoms with Gasteiger partial charge in [-0.3, -0.25) is 9.79 Å². The highest BCUT2D eigenvalue weighted by molar-refractivity contribution is 5.98. The lowest BCUT2D eigenvalue weighted by molar-refractivity contribution is -0.189. The molecule has 0 spiro atoms. The summed E-state index contributed by atoms with van der Waals surface area (Å²) in [5.74, 6) is -1.51. The molecule has 1 aromatic carbocycles. The van der Waals surface area contributed by atoms with Gasteiger partial charge in [0.1, 0.15) is 23.7 Å². The SMILES string of the molecule is C[C@@]1(c2cc(NC(=O)C3(C(F)(F)F)CC3)ccc2F)CCOCC(N)=N1. The van der Waals surface area contributed by atoms with Gasteiger partial charge in [-0.2, -0.15) is 13.2 Å². The third-order valence-electron chi connectivity index (χ3n) is 4.91. The average Bonchev–Trinajstić information content (AvgIpc) is 3.35. The van der Waals surface area contributed by atoms with E-state index in [4.69, 9.17) is 10.5 Å². The number of alkyl halides is 3. The number of rotatable bonds is 3. The number of halogens is 4. The summed E-state index contributed by atoms with van der Waals surface area (Å²) in [6.07, 6.45) is -4.75. The van der Waals surface area contributed by atoms with E-state index in [1.807, 2.05) is 0 Å². The lowest BCUT2D eigenvalue weighted by atomic mass is 9.88. The minimum absolute atomic E-state index is 0.0853. The molecular weight excluding hydrogens is 354 g/mol. The average molecular weight is 373 g/mol. The zero-order chi connectivity index (χ0) is 19.2. The molecule has 0 saturated heterocycles. The second kappa shape index (κ2) is 6.22. The molecule has 1 heterocycles. The van der Waals surface area contributed by atoms with Crippen molar-refractivity contribution in [2.24, 2.45) is 16.1 Å². The number of hydrogen-bond donors (Lipinski definition) is 2. The minimum atomic E-state index is -4.61. The van der Waals surface area contributed by atoms with Gasteiger partial charge in [-0.1, -0.05) is 0 Å². The normalized spacial score (nSPS) is 25.2. The summed E-state index contributed by atoms with van der Waals surface area (Å²) in [4.78, 5) is 16.4. The van der Waals surface area contributed by atoms with E-state index < -0.39 is 28.9 Å². The zero-order valence-corrected chi connectivity index (χ0v) is 14.1. The highest BCUT2D eigenvalue weighted by Gasteiger charge is 2.68. The van der Waals surface area contributed by atoms with Gasteiger partial charge in [0.15, 0.2) is 0 Å². The van der Waals surface area contributed by atoms with Crippen LogP contribution in [-0.4, -0.2) is 31.1 Å². The predicted molar refractivity (Wildman–Crippen MR) is 87.2 cm³/mol. The van der Waals surface area contributed by atoms with Crippen LogP contribution in [0.3, 0.4) is 0 Å². The number of carbonyl (C=O) groups excluding carboxylic acids is 1. The molecule has 1 aliphatic heterocycles. The predicted octanol–water partition coefficient (Wildman–Crippen LogP) is 3.10. The Morgan fingerprint density at radius 2 is 2.00 bits per heavy atom. The van der Waals surface area contributed by atoms with Crippen molar-refractivity contribution in [2.75, 3.05) is 18.5 Å². The first-order chi connectivity index (χ1) is 12.1. The van der Waals surface area contributed by atoms with E-state index in [1.54, 1.807) is 6.92 Å². The number of ether oxygens (including phenoxy) is 1. The van der Waals surface area contributed by atoms with E-state index in [-0.39, 0.29) is 36.5 Å². The van der Waals surface area contributed by atoms with Gasteiger partial charge < -0.3 is 15.8 Å². The van der Waals surface area contributed by atoms with Gasteiger partial charge in [0.2, 0.25) is 5.91 Å². The highest BCUT2D eigenvalue weighted by atomic mass is 19.4. The molecule has 3 N–H and O–H groups in total. The maximum atomic E-state index is 14.4. The Balaban J connectivity index is 1.89. The number of nitrogens with two attached hydrogens (primary N) is 1. The van der Waals surface area contributed by atoms with Crippen molar-refractivity contribution < 1.29 is 27.1 Å². The lowest BCUT2D eigenvalue weighted by Crippen LogP contribution is -2.37. The second-order valence-electron chi connectivity index (χ2n) is 6.91. The standard InChI is InChI=1S/C17H19F4N3O2/c1-15(6-7-26-9-13(22)24-15)11-8-10(2-3-12(11)18)23-14(25)16(4-5-16)17(19,20)21/h2-3,8H,4-7,9H2,1H3,(H2,22,24)(H,23,25)/t15-/m0/s1. The van der Waals surface area contributed by atoms with Crippen molar-refractivity contribution in [1.29, 1.82) is 0 Å². The van der Waals surface area contributed by atoms with Gasteiger partial charge in [0, 0.05) is 17.9 Å². The molecule has 1 saturated carbocycles. The molecule has 142 valence electrons. The smallest absolute Gasteiger partial charge is 0.386 e. The van der Waals surface area contributed by atoms with Crippen molar-refractivity contribution >= 4 is 17.4 Å². The fourth-order valence-electron chi connectivity index (χ4n) is 3.08. The van der Waals surface area contributed by atoms with E-state index >= 15 is 0 Å². The minimum Gasteiger partial charge on any atom is -0.386 e. The molecule has 1 amide bonds. The number of hydrogen-bond acceptors (Lipinski definition) is 4. The second-order valence-corrected chi connectivity index (χ2v) is 6.91. The van der Waals surface area contributed by atoms with Crippen molar-refractivity contribution in [3.05, 3.63) is 29.6 Å². The fraction of sp³-hybridized carbons (Fsp3) is 0.529. The summed E-state index contributed by atoms with van der Waals surface area (Å²) in [6, 6.07) is 3.63. The summed E-state index contributed by atoms with van der Waals surface area (Å²) in [5, 5.41) is 2.27. The summed E-state index contributed by atoms with van der Waals surface area (Å²) < 4.78 is 58.9. The summed E-state index contributed by atoms with van der Waals surface area (Å²) in [6.45, 7) is 2.09. The third kappa shape index (κ3) is 3.27. The van der Waals surface area contributed by atoms with Crippen molar-refractivity contribution in [3.8, 4) is 0 Å². The monoisotopic (exact) mass is 373 g/mol. The topological polar surface area (TPSA) is 76.7 Å². The Kier molecular flexibility index (Phi) is 4.46. The van der Waals surface area contributed by atoms with Gasteiger partial charge in [-0.15, -0.1) is 0 Å². The molecule has 0 aromatic heterocycles. The number of nitrogens with zero attached hydrogens (tertiary/aromatic N) is 1. The van der Waals surface area contributed by atoms with Crippen molar-refractivity contribution in [3.63, 3.8) is 0 Å². The van der Waals surface area contributed by atoms with Crippen LogP contribution in [-0.2, 0) is 15.1 Å². The summed E-state index contributed by atoms with van der Waals surface area (Å²) in [7, 11) is 0. The molecule has 0 bridgehead atoms. The molecule has 1 aliphatic carbocycles. The van der Waals surface area contributed by atoms with Crippen LogP contribution in [0.2, 0.25) is 0 Å². The Labute approximate surface area is 147 Å². The molecule has 3 rings (SSSR count). The van der Waals surface area contributed by atoms with Crippen molar-refractivity contribution in [1.82, 2.24) is 0 Å². The van der Waals surface area contributed by atoms with Crippen LogP contribution in [0.15, 0.2) is 23.2 Å². The number of benzene rings is 1. The number of aliphatic imine (C=N–C) groups is 1. The quantitative estimate of drug-likeness (QED) is 0.800. The molecule has 1 atom stereocenters. The van der Waals surface area contributed by atoms with E-state index in [0.717, 1.165) is 6.07 Å². The van der Waals surface area contributed by atoms with Crippen LogP contribution in [0.1, 0.15) is 31.7 Å². The molecule has 26 heavy (non-hydrogen) atoms. The molecule has 1 fully saturated rings. The first-order valence-corrected chi connectivity index (χ1v) is 8.18. The van der Waals surface area contributed by atoms with Gasteiger partial charge >= 0.3 is 6.18 Å². The van der Waals surface area contributed by atoms with E-state index in [9.17, 15) is 22.4 Å². The molecule has 9 heteroatoms. The fourth-order valence-corrected chi connectivity index (χ4v) is 3.08. The van der Waals surface area contributed by atoms with E-state index in [2.05, 4.69) is 10.3 Å². The molecule has 1 aromatic rings. The van der Waals surface area contributed by atoms with E-state index in [0.29, 0.717) is 13.0 Å². The molecule has 5 nitrogen and oxygen atoms in total. The first kappa shape index (κ1) is 18.6. The number of amides is 1. The van der Waals surface area contributed by atoms with Crippen molar-refractivity contribution in [2.45, 2.75) is 37.9 Å². The number of amidine groups is 1. The van der Waals surface area contributed by atoms with E-state index in [1.165, 1.54) is 12.1 Å². The highest BCUT2D eigenvalue weighted by Crippen LogP contribution is 2.58. The molecule has 0 unspecified atom stereocenters. The number of carbonyl (C=O) groups is 1. The largest absolute Gasteiger partial charge is 0.403 e. The zero-order valence-electron chi connectivity index (χ0n) is 14.1. The number of anilines is 1. The molecular formula is C17H19F4N3O2. The van der Waals surface area contributed by atoms with Crippen LogP contribution < -0.4 is 11.1 Å². The lowest BCUT2D eigenvalue weighted by Gasteiger charge is -2.26. The Bertz CT molecular complexity index is 759. The summed E-state index contributed by atoms with van der Waals surface area (Å²) in [5.41, 5.74) is 2.58. The van der Waals surface area contributed by atoms with Crippen LogP contribution >= 0.6 is 0 Å². The van der Waals surface area contributed by atoms with Gasteiger partial charge in [0.05, 0.1) is 5.54 Å². The summed E-state index contributed by atoms with van der Waals surface area (Å²) >= 11 is 0. The van der Waals surface area contributed by atoms with Gasteiger partial charge in [-0.25, -0.2) is 4.39 Å².